The SMILES string of the molecule is CCCOC(=O)Nc1ccc(-c2c(C#N)c3ccc(OC)cc3n2C2CCC2)cc1. The fourth-order valence-corrected chi connectivity index (χ4v) is 3.90. The summed E-state index contributed by atoms with van der Waals surface area (Å²) in [5, 5.41) is 13.6. The highest BCUT2D eigenvalue weighted by Gasteiger charge is 2.28. The van der Waals surface area contributed by atoms with Gasteiger partial charge in [0.2, 0.25) is 0 Å². The van der Waals surface area contributed by atoms with Crippen molar-refractivity contribution in [1.29, 1.82) is 5.26 Å². The van der Waals surface area contributed by atoms with Crippen LogP contribution in [0.15, 0.2) is 42.5 Å². The topological polar surface area (TPSA) is 76.3 Å². The molecule has 0 aliphatic heterocycles. The molecule has 6 nitrogen and oxygen atoms in total. The minimum atomic E-state index is -0.460. The van der Waals surface area contributed by atoms with E-state index in [1.807, 2.05) is 49.4 Å². The lowest BCUT2D eigenvalue weighted by Gasteiger charge is -2.30. The number of nitrogens with one attached hydrogen (secondary N) is 1. The number of fused-ring (bicyclic) bond motifs is 1. The molecule has 2 aromatic carbocycles. The summed E-state index contributed by atoms with van der Waals surface area (Å²) in [6.45, 7) is 2.34. The van der Waals surface area contributed by atoms with Crippen LogP contribution in [0, 0.1) is 11.3 Å². The lowest BCUT2D eigenvalue weighted by atomic mass is 9.92. The van der Waals surface area contributed by atoms with E-state index in [1.54, 1.807) is 7.11 Å². The van der Waals surface area contributed by atoms with E-state index in [-0.39, 0.29) is 0 Å². The van der Waals surface area contributed by atoms with Gasteiger partial charge in [-0.15, -0.1) is 0 Å². The second-order valence-electron chi connectivity index (χ2n) is 7.51. The Labute approximate surface area is 176 Å². The highest BCUT2D eigenvalue weighted by atomic mass is 16.5. The number of methoxy groups -OCH3 is 1. The van der Waals surface area contributed by atoms with Gasteiger partial charge >= 0.3 is 6.09 Å². The van der Waals surface area contributed by atoms with Crippen LogP contribution in [0.25, 0.3) is 22.2 Å². The van der Waals surface area contributed by atoms with Crippen molar-refractivity contribution in [1.82, 2.24) is 4.57 Å². The summed E-state index contributed by atoms with van der Waals surface area (Å²) in [6.07, 6.45) is 3.71. The summed E-state index contributed by atoms with van der Waals surface area (Å²) in [4.78, 5) is 11.8. The summed E-state index contributed by atoms with van der Waals surface area (Å²) in [5.74, 6) is 0.779. The summed E-state index contributed by atoms with van der Waals surface area (Å²) in [5.41, 5.74) is 4.22. The first-order valence-electron chi connectivity index (χ1n) is 10.3. The molecule has 0 radical (unpaired) electrons. The number of rotatable bonds is 6. The van der Waals surface area contributed by atoms with Gasteiger partial charge in [0.15, 0.2) is 0 Å². The normalized spacial score (nSPS) is 13.5. The number of hydrogen-bond donors (Lipinski definition) is 1. The molecular formula is C24H25N3O3. The third kappa shape index (κ3) is 3.59. The second kappa shape index (κ2) is 8.50. The van der Waals surface area contributed by atoms with Crippen LogP contribution in [0.2, 0.25) is 0 Å². The van der Waals surface area contributed by atoms with Crippen molar-refractivity contribution < 1.29 is 14.3 Å². The number of anilines is 1. The minimum Gasteiger partial charge on any atom is -0.497 e. The molecule has 1 heterocycles. The van der Waals surface area contributed by atoms with E-state index in [9.17, 15) is 10.1 Å². The van der Waals surface area contributed by atoms with Gasteiger partial charge in [0.05, 0.1) is 30.5 Å². The molecule has 1 aliphatic carbocycles. The van der Waals surface area contributed by atoms with Crippen LogP contribution in [-0.4, -0.2) is 24.4 Å². The smallest absolute Gasteiger partial charge is 0.411 e. The molecule has 0 spiro atoms. The predicted octanol–water partition coefficient (Wildman–Crippen LogP) is 5.87. The van der Waals surface area contributed by atoms with E-state index in [2.05, 4.69) is 16.0 Å². The third-order valence-electron chi connectivity index (χ3n) is 5.61. The number of hydrogen-bond acceptors (Lipinski definition) is 4. The molecule has 0 atom stereocenters. The molecule has 0 bridgehead atoms. The third-order valence-corrected chi connectivity index (χ3v) is 5.61. The first-order valence-corrected chi connectivity index (χ1v) is 10.3. The Morgan fingerprint density at radius 3 is 2.60 bits per heavy atom. The maximum Gasteiger partial charge on any atom is 0.411 e. The predicted molar refractivity (Wildman–Crippen MR) is 117 cm³/mol. The van der Waals surface area contributed by atoms with Gasteiger partial charge in [-0.05, 0) is 55.5 Å². The summed E-state index contributed by atoms with van der Waals surface area (Å²) in [6, 6.07) is 16.2. The van der Waals surface area contributed by atoms with Crippen LogP contribution in [0.1, 0.15) is 44.2 Å². The number of aromatic nitrogens is 1. The van der Waals surface area contributed by atoms with E-state index < -0.39 is 6.09 Å². The van der Waals surface area contributed by atoms with E-state index in [0.29, 0.717) is 23.9 Å². The van der Waals surface area contributed by atoms with Crippen LogP contribution < -0.4 is 10.1 Å². The highest BCUT2D eigenvalue weighted by molar-refractivity contribution is 5.96. The number of benzene rings is 2. The summed E-state index contributed by atoms with van der Waals surface area (Å²) < 4.78 is 12.8. The number of nitriles is 1. The molecule has 30 heavy (non-hydrogen) atoms. The number of nitrogens with zero attached hydrogens (tertiary/aromatic N) is 2. The van der Waals surface area contributed by atoms with Crippen molar-refractivity contribution in [3.63, 3.8) is 0 Å². The van der Waals surface area contributed by atoms with E-state index >= 15 is 0 Å². The minimum absolute atomic E-state index is 0.374. The fourth-order valence-electron chi connectivity index (χ4n) is 3.90. The van der Waals surface area contributed by atoms with Crippen molar-refractivity contribution >= 4 is 22.7 Å². The molecule has 1 fully saturated rings. The van der Waals surface area contributed by atoms with Gasteiger partial charge in [0.1, 0.15) is 11.8 Å². The van der Waals surface area contributed by atoms with Crippen molar-refractivity contribution in [2.24, 2.45) is 0 Å². The Morgan fingerprint density at radius 1 is 1.23 bits per heavy atom. The van der Waals surface area contributed by atoms with Gasteiger partial charge < -0.3 is 14.0 Å². The zero-order valence-electron chi connectivity index (χ0n) is 17.3. The van der Waals surface area contributed by atoms with Crippen LogP contribution in [-0.2, 0) is 4.74 Å². The van der Waals surface area contributed by atoms with Gasteiger partial charge in [-0.2, -0.15) is 5.26 Å². The number of amides is 1. The molecule has 0 unspecified atom stereocenters. The average Bonchev–Trinajstić information content (AvgIpc) is 3.04. The van der Waals surface area contributed by atoms with Crippen molar-refractivity contribution in [3.8, 4) is 23.1 Å². The van der Waals surface area contributed by atoms with Crippen molar-refractivity contribution in [3.05, 3.63) is 48.0 Å². The molecule has 1 saturated carbocycles. The molecule has 0 saturated heterocycles. The van der Waals surface area contributed by atoms with E-state index in [4.69, 9.17) is 9.47 Å². The monoisotopic (exact) mass is 403 g/mol. The Morgan fingerprint density at radius 2 is 2.00 bits per heavy atom. The Bertz CT molecular complexity index is 1110. The van der Waals surface area contributed by atoms with Gasteiger partial charge in [0.25, 0.3) is 0 Å². The zero-order chi connectivity index (χ0) is 21.1. The molecule has 1 N–H and O–H groups in total. The second-order valence-corrected chi connectivity index (χ2v) is 7.51. The van der Waals surface area contributed by atoms with Gasteiger partial charge in [-0.1, -0.05) is 19.1 Å². The first-order chi connectivity index (χ1) is 14.7. The van der Waals surface area contributed by atoms with E-state index in [0.717, 1.165) is 47.2 Å². The largest absolute Gasteiger partial charge is 0.497 e. The Hall–Kier alpha value is -3.46. The molecule has 1 amide bonds. The number of ether oxygens (including phenoxy) is 2. The molecule has 154 valence electrons. The molecule has 3 aromatic rings. The number of carbonyl (C=O) groups is 1. The molecule has 1 aromatic heterocycles. The fraction of sp³-hybridized carbons (Fsp3) is 0.333. The number of carbonyl (C=O) groups excluding carboxylic acids is 1. The van der Waals surface area contributed by atoms with Crippen LogP contribution >= 0.6 is 0 Å². The van der Waals surface area contributed by atoms with Crippen LogP contribution in [0.4, 0.5) is 10.5 Å². The molecule has 6 heteroatoms. The van der Waals surface area contributed by atoms with Gasteiger partial charge in [-0.3, -0.25) is 5.32 Å². The summed E-state index contributed by atoms with van der Waals surface area (Å²) >= 11 is 0. The molecule has 1 aliphatic rings. The van der Waals surface area contributed by atoms with Gasteiger partial charge in [0, 0.05) is 23.2 Å². The lowest BCUT2D eigenvalue weighted by Crippen LogP contribution is -2.18. The zero-order valence-corrected chi connectivity index (χ0v) is 17.3. The first kappa shape index (κ1) is 19.8. The van der Waals surface area contributed by atoms with Crippen LogP contribution in [0.5, 0.6) is 5.75 Å². The van der Waals surface area contributed by atoms with Gasteiger partial charge in [-0.25, -0.2) is 4.79 Å². The quantitative estimate of drug-likeness (QED) is 0.558. The highest BCUT2D eigenvalue weighted by Crippen LogP contribution is 2.43. The van der Waals surface area contributed by atoms with Crippen LogP contribution in [0.3, 0.4) is 0 Å². The average molecular weight is 403 g/mol. The summed E-state index contributed by atoms with van der Waals surface area (Å²) in [7, 11) is 1.65. The maximum atomic E-state index is 11.8. The molecule has 4 rings (SSSR count). The lowest BCUT2D eigenvalue weighted by molar-refractivity contribution is 0.161. The standard InChI is InChI=1S/C24H25N3O3/c1-3-13-30-24(28)26-17-9-7-16(8-10-17)23-21(15-25)20-12-11-19(29-2)14-22(20)27(23)18-5-4-6-18/h7-12,14,18H,3-6,13H2,1-2H3,(H,26,28). The Kier molecular flexibility index (Phi) is 5.62. The van der Waals surface area contributed by atoms with E-state index in [1.165, 1.54) is 6.42 Å². The van der Waals surface area contributed by atoms with Crippen molar-refractivity contribution in [2.75, 3.05) is 19.0 Å². The van der Waals surface area contributed by atoms with Crippen molar-refractivity contribution in [2.45, 2.75) is 38.6 Å². The Balaban J connectivity index is 1.76. The molecular weight excluding hydrogens is 378 g/mol. The maximum absolute atomic E-state index is 11.8.